The summed E-state index contributed by atoms with van der Waals surface area (Å²) in [6.07, 6.45) is -0.199. The van der Waals surface area contributed by atoms with Crippen LogP contribution in [0.3, 0.4) is 0 Å². The number of aromatic nitrogens is 5. The highest BCUT2D eigenvalue weighted by atomic mass is 32.2. The van der Waals surface area contributed by atoms with Crippen LogP contribution >= 0.6 is 0 Å². The molecular weight excluding hydrogens is 421 g/mol. The van der Waals surface area contributed by atoms with Gasteiger partial charge >= 0.3 is 6.18 Å². The highest BCUT2D eigenvalue weighted by molar-refractivity contribution is 7.91. The average Bonchev–Trinajstić information content (AvgIpc) is 3.39. The Bertz CT molecular complexity index is 1330. The largest absolute Gasteiger partial charge is 0.433 e. The molecule has 0 saturated heterocycles. The number of imidazole rings is 2. The lowest BCUT2D eigenvalue weighted by molar-refractivity contribution is -0.141. The third-order valence-corrected chi connectivity index (χ3v) is 6.73. The van der Waals surface area contributed by atoms with Gasteiger partial charge in [0, 0.05) is 25.9 Å². The maximum Gasteiger partial charge on any atom is 0.433 e. The van der Waals surface area contributed by atoms with Crippen molar-refractivity contribution in [1.82, 2.24) is 24.1 Å². The highest BCUT2D eigenvalue weighted by Gasteiger charge is 2.34. The molecule has 3 aromatic rings. The van der Waals surface area contributed by atoms with E-state index in [4.69, 9.17) is 0 Å². The second-order valence-electron chi connectivity index (χ2n) is 6.78. The number of rotatable bonds is 4. The van der Waals surface area contributed by atoms with Crippen molar-refractivity contribution in [2.24, 2.45) is 19.1 Å². The van der Waals surface area contributed by atoms with E-state index >= 15 is 0 Å². The van der Waals surface area contributed by atoms with Crippen molar-refractivity contribution in [3.05, 3.63) is 29.9 Å². The van der Waals surface area contributed by atoms with Crippen molar-refractivity contribution >= 4 is 32.7 Å². The number of halogens is 3. The van der Waals surface area contributed by atoms with Crippen molar-refractivity contribution in [3.8, 4) is 11.5 Å². The monoisotopic (exact) mass is 438 g/mol. The molecule has 12 heteroatoms. The first-order chi connectivity index (χ1) is 14.0. The summed E-state index contributed by atoms with van der Waals surface area (Å²) in [6, 6.07) is 0.837. The standard InChI is InChI=1S/C18H17F3N6O2S/c1-4-30(28,29)17-14(25-15(27(17)3)10-5-6-22-8-10)16-24-11-7-13(18(19,20)21)23-9-12(11)26(16)2/h5-7,9H,4,8H2,1-3H3. The number of pyridine rings is 1. The first-order valence-electron chi connectivity index (χ1n) is 8.93. The van der Waals surface area contributed by atoms with E-state index in [1.54, 1.807) is 26.4 Å². The predicted molar refractivity (Wildman–Crippen MR) is 105 cm³/mol. The smallest absolute Gasteiger partial charge is 0.324 e. The van der Waals surface area contributed by atoms with Crippen LogP contribution < -0.4 is 0 Å². The summed E-state index contributed by atoms with van der Waals surface area (Å²) in [7, 11) is -0.558. The molecule has 0 aromatic carbocycles. The molecule has 0 amide bonds. The molecule has 0 bridgehead atoms. The third-order valence-electron chi connectivity index (χ3n) is 4.92. The van der Waals surface area contributed by atoms with Gasteiger partial charge in [-0.2, -0.15) is 13.2 Å². The topological polar surface area (TPSA) is 95.0 Å². The molecule has 0 aliphatic carbocycles. The van der Waals surface area contributed by atoms with Gasteiger partial charge in [-0.25, -0.2) is 23.4 Å². The van der Waals surface area contributed by atoms with E-state index in [1.165, 1.54) is 16.1 Å². The summed E-state index contributed by atoms with van der Waals surface area (Å²) in [4.78, 5) is 16.4. The summed E-state index contributed by atoms with van der Waals surface area (Å²) in [5, 5.41) is -0.0461. The van der Waals surface area contributed by atoms with Crippen LogP contribution in [0.5, 0.6) is 0 Å². The Kier molecular flexibility index (Phi) is 4.56. The molecule has 0 fully saturated rings. The van der Waals surface area contributed by atoms with Gasteiger partial charge in [0.15, 0.2) is 20.7 Å². The predicted octanol–water partition coefficient (Wildman–Crippen LogP) is 2.65. The molecule has 1 aliphatic rings. The second kappa shape index (κ2) is 6.76. The Balaban J connectivity index is 1.99. The van der Waals surface area contributed by atoms with E-state index in [2.05, 4.69) is 19.9 Å². The molecule has 1 aliphatic heterocycles. The van der Waals surface area contributed by atoms with Gasteiger partial charge in [0.1, 0.15) is 17.2 Å². The zero-order chi connectivity index (χ0) is 21.8. The minimum atomic E-state index is -4.62. The van der Waals surface area contributed by atoms with E-state index in [-0.39, 0.29) is 27.8 Å². The van der Waals surface area contributed by atoms with Crippen molar-refractivity contribution in [2.75, 3.05) is 12.3 Å². The number of fused-ring (bicyclic) bond motifs is 1. The third kappa shape index (κ3) is 3.11. The van der Waals surface area contributed by atoms with Crippen LogP contribution in [-0.4, -0.2) is 51.0 Å². The molecule has 158 valence electrons. The molecule has 0 atom stereocenters. The Morgan fingerprint density at radius 3 is 2.47 bits per heavy atom. The van der Waals surface area contributed by atoms with Gasteiger partial charge in [-0.05, 0) is 12.1 Å². The fourth-order valence-corrected chi connectivity index (χ4v) is 4.57. The number of hydrogen-bond donors (Lipinski definition) is 0. The van der Waals surface area contributed by atoms with Crippen LogP contribution in [0, 0.1) is 0 Å². The molecule has 8 nitrogen and oxygen atoms in total. The minimum absolute atomic E-state index is 0.0461. The van der Waals surface area contributed by atoms with Gasteiger partial charge in [0.05, 0.1) is 29.5 Å². The molecule has 0 unspecified atom stereocenters. The molecule has 30 heavy (non-hydrogen) atoms. The number of alkyl halides is 3. The number of aryl methyl sites for hydroxylation is 1. The Morgan fingerprint density at radius 2 is 1.87 bits per heavy atom. The lowest BCUT2D eigenvalue weighted by Gasteiger charge is -2.07. The van der Waals surface area contributed by atoms with Crippen molar-refractivity contribution in [1.29, 1.82) is 0 Å². The van der Waals surface area contributed by atoms with Gasteiger partial charge in [-0.3, -0.25) is 4.99 Å². The van der Waals surface area contributed by atoms with E-state index in [1.807, 2.05) is 0 Å². The van der Waals surface area contributed by atoms with E-state index in [0.29, 0.717) is 17.9 Å². The quantitative estimate of drug-likeness (QED) is 0.624. The van der Waals surface area contributed by atoms with Gasteiger partial charge in [-0.1, -0.05) is 6.92 Å². The molecular formula is C18H17F3N6O2S. The Hall–Kier alpha value is -3.02. The van der Waals surface area contributed by atoms with Gasteiger partial charge in [-0.15, -0.1) is 0 Å². The van der Waals surface area contributed by atoms with Crippen LogP contribution in [0.1, 0.15) is 18.4 Å². The summed E-state index contributed by atoms with van der Waals surface area (Å²) in [5.41, 5.74) is 0.111. The fraction of sp³-hybridized carbons (Fsp3) is 0.333. The molecule has 3 aromatic heterocycles. The zero-order valence-electron chi connectivity index (χ0n) is 16.3. The normalized spacial score (nSPS) is 14.7. The second-order valence-corrected chi connectivity index (χ2v) is 8.98. The maximum absolute atomic E-state index is 13.0. The first-order valence-corrected chi connectivity index (χ1v) is 10.6. The number of sulfone groups is 1. The van der Waals surface area contributed by atoms with Gasteiger partial charge < -0.3 is 9.13 Å². The van der Waals surface area contributed by atoms with Crippen molar-refractivity contribution in [2.45, 2.75) is 18.1 Å². The van der Waals surface area contributed by atoms with Crippen LogP contribution in [0.2, 0.25) is 0 Å². The lowest BCUT2D eigenvalue weighted by Crippen LogP contribution is -2.12. The van der Waals surface area contributed by atoms with E-state index < -0.39 is 21.7 Å². The molecule has 4 heterocycles. The first kappa shape index (κ1) is 20.3. The summed E-state index contributed by atoms with van der Waals surface area (Å²) >= 11 is 0. The van der Waals surface area contributed by atoms with Crippen molar-refractivity contribution < 1.29 is 21.6 Å². The molecule has 0 N–H and O–H groups in total. The number of aliphatic imine (C=N–C) groups is 1. The minimum Gasteiger partial charge on any atom is -0.324 e. The highest BCUT2D eigenvalue weighted by Crippen LogP contribution is 2.34. The summed E-state index contributed by atoms with van der Waals surface area (Å²) in [5.74, 6) is 0.383. The number of hydrogen-bond acceptors (Lipinski definition) is 6. The lowest BCUT2D eigenvalue weighted by atomic mass is 10.2. The Labute approximate surface area is 169 Å². The van der Waals surface area contributed by atoms with Gasteiger partial charge in [0.2, 0.25) is 0 Å². The molecule has 0 saturated carbocycles. The molecule has 0 spiro atoms. The average molecular weight is 438 g/mol. The number of nitrogens with zero attached hydrogens (tertiary/aromatic N) is 6. The van der Waals surface area contributed by atoms with Crippen molar-refractivity contribution in [3.63, 3.8) is 0 Å². The van der Waals surface area contributed by atoms with Crippen LogP contribution in [0.25, 0.3) is 28.1 Å². The van der Waals surface area contributed by atoms with Crippen LogP contribution in [0.4, 0.5) is 13.2 Å². The van der Waals surface area contributed by atoms with Crippen LogP contribution in [-0.2, 0) is 30.1 Å². The number of allylic oxidation sites excluding steroid dienone is 1. The van der Waals surface area contributed by atoms with E-state index in [9.17, 15) is 21.6 Å². The zero-order valence-corrected chi connectivity index (χ0v) is 17.1. The maximum atomic E-state index is 13.0. The van der Waals surface area contributed by atoms with E-state index in [0.717, 1.165) is 17.8 Å². The molecule has 0 radical (unpaired) electrons. The van der Waals surface area contributed by atoms with Gasteiger partial charge in [0.25, 0.3) is 0 Å². The van der Waals surface area contributed by atoms with Crippen LogP contribution in [0.15, 0.2) is 28.4 Å². The summed E-state index contributed by atoms with van der Waals surface area (Å²) in [6.45, 7) is 1.87. The fourth-order valence-electron chi connectivity index (χ4n) is 3.36. The summed E-state index contributed by atoms with van der Waals surface area (Å²) < 4.78 is 67.7. The Morgan fingerprint density at radius 1 is 1.13 bits per heavy atom. The SMILES string of the molecule is CCS(=O)(=O)c1c(-c2nc3cc(C(F)(F)F)ncc3n2C)nc(C2=CC=NC2)n1C. The molecule has 4 rings (SSSR count).